The summed E-state index contributed by atoms with van der Waals surface area (Å²) in [7, 11) is 0. The Hall–Kier alpha value is -0.503. The Bertz CT molecular complexity index is 154. The van der Waals surface area contributed by atoms with Gasteiger partial charge >= 0.3 is 30.8 Å². The zero-order chi connectivity index (χ0) is 8.15. The standard InChI is InChI=1S/C5H9NO4.Li.H/c6-3(5(9)10)1-2-4(7)8;;/h3H,1-2,6H2,(H,7,8)(H,9,10);;/q;+1;-1/t3-;;/m1../s1. The molecule has 0 aliphatic rings. The van der Waals surface area contributed by atoms with Crippen LogP contribution in [-0.4, -0.2) is 28.2 Å². The van der Waals surface area contributed by atoms with Gasteiger partial charge in [-0.3, -0.25) is 9.59 Å². The first-order valence-corrected chi connectivity index (χ1v) is 2.74. The van der Waals surface area contributed by atoms with Crippen molar-refractivity contribution < 1.29 is 40.1 Å². The van der Waals surface area contributed by atoms with E-state index in [1.165, 1.54) is 0 Å². The minimum absolute atomic E-state index is 0. The van der Waals surface area contributed by atoms with Crippen LogP contribution in [0.4, 0.5) is 0 Å². The molecule has 0 fully saturated rings. The van der Waals surface area contributed by atoms with E-state index >= 15 is 0 Å². The zero-order valence-electron chi connectivity index (χ0n) is 7.28. The van der Waals surface area contributed by atoms with Crippen molar-refractivity contribution in [2.45, 2.75) is 18.9 Å². The Morgan fingerprint density at radius 2 is 1.91 bits per heavy atom. The largest absolute Gasteiger partial charge is 1.00 e. The predicted octanol–water partition coefficient (Wildman–Crippen LogP) is -3.62. The van der Waals surface area contributed by atoms with Gasteiger partial charge in [0.05, 0.1) is 0 Å². The fraction of sp³-hybridized carbons (Fsp3) is 0.600. The van der Waals surface area contributed by atoms with Gasteiger partial charge in [-0.15, -0.1) is 0 Å². The number of carbonyl (C=O) groups is 2. The number of hydrogen-bond donors (Lipinski definition) is 3. The van der Waals surface area contributed by atoms with Crippen LogP contribution in [0.25, 0.3) is 0 Å². The van der Waals surface area contributed by atoms with Crippen LogP contribution in [0.3, 0.4) is 0 Å². The smallest absolute Gasteiger partial charge is 1.00 e. The van der Waals surface area contributed by atoms with E-state index in [0.717, 1.165) is 0 Å². The van der Waals surface area contributed by atoms with E-state index in [0.29, 0.717) is 0 Å². The van der Waals surface area contributed by atoms with Crippen molar-refractivity contribution in [1.29, 1.82) is 0 Å². The summed E-state index contributed by atoms with van der Waals surface area (Å²) in [5, 5.41) is 16.3. The third-order valence-electron chi connectivity index (χ3n) is 0.986. The number of carboxylic acid groups (broad SMARTS) is 2. The Balaban J connectivity index is -0.000000405. The van der Waals surface area contributed by atoms with E-state index in [2.05, 4.69) is 0 Å². The summed E-state index contributed by atoms with van der Waals surface area (Å²) in [4.78, 5) is 19.9. The van der Waals surface area contributed by atoms with Crippen molar-refractivity contribution in [2.24, 2.45) is 5.73 Å². The molecule has 0 aliphatic heterocycles. The van der Waals surface area contributed by atoms with Crippen LogP contribution in [0.15, 0.2) is 0 Å². The first-order valence-electron chi connectivity index (χ1n) is 2.74. The van der Waals surface area contributed by atoms with Crippen molar-refractivity contribution in [3.8, 4) is 0 Å². The molecular weight excluding hydrogens is 145 g/mol. The Morgan fingerprint density at radius 3 is 2.18 bits per heavy atom. The summed E-state index contributed by atoms with van der Waals surface area (Å²) >= 11 is 0. The van der Waals surface area contributed by atoms with Crippen molar-refractivity contribution >= 4 is 11.9 Å². The van der Waals surface area contributed by atoms with Gasteiger partial charge in [-0.2, -0.15) is 0 Å². The average Bonchev–Trinajstić information content (AvgIpc) is 1.82. The molecule has 0 rings (SSSR count). The van der Waals surface area contributed by atoms with Gasteiger partial charge in [-0.25, -0.2) is 0 Å². The van der Waals surface area contributed by atoms with Gasteiger partial charge in [0.1, 0.15) is 6.04 Å². The molecule has 0 aromatic heterocycles. The van der Waals surface area contributed by atoms with Crippen molar-refractivity contribution in [1.82, 2.24) is 0 Å². The molecule has 0 bridgehead atoms. The third-order valence-corrected chi connectivity index (χ3v) is 0.986. The first-order chi connectivity index (χ1) is 4.54. The van der Waals surface area contributed by atoms with E-state index in [-0.39, 0.29) is 33.1 Å². The topological polar surface area (TPSA) is 101 Å². The zero-order valence-corrected chi connectivity index (χ0v) is 6.28. The van der Waals surface area contributed by atoms with Gasteiger partial charge in [0.2, 0.25) is 0 Å². The van der Waals surface area contributed by atoms with E-state index in [9.17, 15) is 9.59 Å². The van der Waals surface area contributed by atoms with Gasteiger partial charge in [-0.1, -0.05) is 0 Å². The molecule has 0 heterocycles. The number of aliphatic carboxylic acids is 2. The molecule has 5 nitrogen and oxygen atoms in total. The van der Waals surface area contributed by atoms with E-state index in [1.807, 2.05) is 0 Å². The van der Waals surface area contributed by atoms with Gasteiger partial charge in [0.25, 0.3) is 0 Å². The normalized spacial score (nSPS) is 11.4. The van der Waals surface area contributed by atoms with Crippen LogP contribution >= 0.6 is 0 Å². The fourth-order valence-corrected chi connectivity index (χ4v) is 0.402. The Labute approximate surface area is 77.2 Å². The fourth-order valence-electron chi connectivity index (χ4n) is 0.402. The number of carboxylic acids is 2. The molecule has 0 radical (unpaired) electrons. The van der Waals surface area contributed by atoms with Crippen LogP contribution in [0.2, 0.25) is 0 Å². The summed E-state index contributed by atoms with van der Waals surface area (Å²) in [6, 6.07) is -1.06. The summed E-state index contributed by atoms with van der Waals surface area (Å²) in [5.74, 6) is -2.20. The predicted molar refractivity (Wildman–Crippen MR) is 33.6 cm³/mol. The van der Waals surface area contributed by atoms with Crippen LogP contribution in [-0.2, 0) is 9.59 Å². The molecule has 0 unspecified atom stereocenters. The SMILES string of the molecule is N[C@H](CCC(=O)O)C(=O)O.[H-].[Li+]. The molecule has 0 aromatic rings. The summed E-state index contributed by atoms with van der Waals surface area (Å²) in [6.45, 7) is 0. The van der Waals surface area contributed by atoms with E-state index in [1.54, 1.807) is 0 Å². The molecule has 4 N–H and O–H groups in total. The number of rotatable bonds is 4. The number of nitrogens with two attached hydrogens (primary N) is 1. The molecule has 0 aromatic carbocycles. The molecule has 0 saturated carbocycles. The second-order valence-corrected chi connectivity index (χ2v) is 1.88. The van der Waals surface area contributed by atoms with Gasteiger partial charge in [0, 0.05) is 6.42 Å². The summed E-state index contributed by atoms with van der Waals surface area (Å²) in [5.41, 5.74) is 5.00. The second-order valence-electron chi connectivity index (χ2n) is 1.88. The first kappa shape index (κ1) is 13.1. The average molecular weight is 155 g/mol. The number of hydrogen-bond acceptors (Lipinski definition) is 3. The Kier molecular flexibility index (Phi) is 7.42. The minimum atomic E-state index is -1.17. The Morgan fingerprint density at radius 1 is 1.45 bits per heavy atom. The molecule has 6 heteroatoms. The third kappa shape index (κ3) is 7.39. The van der Waals surface area contributed by atoms with Gasteiger partial charge < -0.3 is 17.4 Å². The van der Waals surface area contributed by atoms with E-state index in [4.69, 9.17) is 15.9 Å². The van der Waals surface area contributed by atoms with Crippen molar-refractivity contribution in [2.75, 3.05) is 0 Å². The van der Waals surface area contributed by atoms with E-state index < -0.39 is 18.0 Å². The minimum Gasteiger partial charge on any atom is -1.00 e. The molecule has 0 spiro atoms. The monoisotopic (exact) mass is 155 g/mol. The second kappa shape index (κ2) is 6.22. The molecule has 1 atom stereocenters. The summed E-state index contributed by atoms with van der Waals surface area (Å²) in [6.07, 6.45) is -0.224. The van der Waals surface area contributed by atoms with Crippen LogP contribution in [0.5, 0.6) is 0 Å². The van der Waals surface area contributed by atoms with Crippen molar-refractivity contribution in [3.63, 3.8) is 0 Å². The quantitative estimate of drug-likeness (QED) is 0.364. The van der Waals surface area contributed by atoms with Gasteiger partial charge in [0.15, 0.2) is 0 Å². The van der Waals surface area contributed by atoms with Crippen molar-refractivity contribution in [3.05, 3.63) is 0 Å². The molecule has 0 amide bonds. The maximum Gasteiger partial charge on any atom is 1.00 e. The molecule has 0 aliphatic carbocycles. The molecule has 0 saturated heterocycles. The maximum atomic E-state index is 9.99. The summed E-state index contributed by atoms with van der Waals surface area (Å²) < 4.78 is 0. The van der Waals surface area contributed by atoms with Crippen LogP contribution in [0.1, 0.15) is 14.3 Å². The molecule has 60 valence electrons. The van der Waals surface area contributed by atoms with Gasteiger partial charge in [-0.05, 0) is 6.42 Å². The van der Waals surface area contributed by atoms with Crippen LogP contribution < -0.4 is 24.6 Å². The molecule has 11 heavy (non-hydrogen) atoms. The maximum absolute atomic E-state index is 9.99. The van der Waals surface area contributed by atoms with Crippen LogP contribution in [0, 0.1) is 0 Å². The molecular formula is C5H10LiNO4.